The van der Waals surface area contributed by atoms with Crippen molar-refractivity contribution in [2.24, 2.45) is 7.05 Å². The highest BCUT2D eigenvalue weighted by Gasteiger charge is 2.31. The van der Waals surface area contributed by atoms with Gasteiger partial charge in [-0.2, -0.15) is 4.98 Å². The molecule has 9 nitrogen and oxygen atoms in total. The van der Waals surface area contributed by atoms with Gasteiger partial charge in [0.15, 0.2) is 17.0 Å². The van der Waals surface area contributed by atoms with Gasteiger partial charge >= 0.3 is 0 Å². The van der Waals surface area contributed by atoms with Crippen LogP contribution >= 0.6 is 11.6 Å². The summed E-state index contributed by atoms with van der Waals surface area (Å²) in [7, 11) is 1.55. The van der Waals surface area contributed by atoms with E-state index < -0.39 is 5.56 Å². The molecule has 0 saturated carbocycles. The first-order chi connectivity index (χ1) is 14.9. The number of nitrogens with zero attached hydrogens (tertiary/aromatic N) is 6. The van der Waals surface area contributed by atoms with E-state index in [4.69, 9.17) is 23.6 Å². The minimum absolute atomic E-state index is 0.0473. The summed E-state index contributed by atoms with van der Waals surface area (Å²) in [6.45, 7) is 0.352. The van der Waals surface area contributed by atoms with Crippen molar-refractivity contribution in [3.05, 3.63) is 69.5 Å². The van der Waals surface area contributed by atoms with Gasteiger partial charge in [-0.05, 0) is 24.1 Å². The van der Waals surface area contributed by atoms with Gasteiger partial charge in [-0.25, -0.2) is 9.97 Å². The third kappa shape index (κ3) is 3.32. The lowest BCUT2D eigenvalue weighted by molar-refractivity contribution is 0.110. The molecule has 10 heteroatoms. The number of rotatable bonds is 4. The van der Waals surface area contributed by atoms with Crippen LogP contribution in [0.1, 0.15) is 38.5 Å². The molecular weight excluding hydrogens is 396 g/mol. The Balaban J connectivity index is 1.37. The van der Waals surface area contributed by atoms with Gasteiger partial charge in [0.2, 0.25) is 5.89 Å². The van der Waals surface area contributed by atoms with Crippen LogP contribution in [0, 0.1) is 0 Å². The van der Waals surface area contributed by atoms with Gasteiger partial charge in [-0.1, -0.05) is 28.9 Å². The molecule has 0 amide bonds. The number of aromatic nitrogens is 6. The SMILES string of the molecule is [2H]c1nc2nc([2H])n(C)c2c(=O)n1Cc1nc([C@@H]2CO[C@@H](c3ccc(Cl)cc3)C2)no1. The molecule has 5 rings (SSSR count). The molecule has 0 aliphatic carbocycles. The van der Waals surface area contributed by atoms with Crippen LogP contribution in [0.25, 0.3) is 11.2 Å². The summed E-state index contributed by atoms with van der Waals surface area (Å²) in [6, 6.07) is 7.52. The van der Waals surface area contributed by atoms with Crippen LogP contribution in [-0.2, 0) is 18.3 Å². The van der Waals surface area contributed by atoms with Crippen LogP contribution in [-0.4, -0.2) is 35.8 Å². The summed E-state index contributed by atoms with van der Waals surface area (Å²) in [5, 5.41) is 4.72. The summed E-state index contributed by atoms with van der Waals surface area (Å²) in [6.07, 6.45) is 0.219. The number of ether oxygens (including phenoxy) is 1. The van der Waals surface area contributed by atoms with Crippen molar-refractivity contribution in [3.8, 4) is 0 Å². The minimum Gasteiger partial charge on any atom is -0.373 e. The summed E-state index contributed by atoms with van der Waals surface area (Å²) in [5.74, 6) is 0.637. The second-order valence-corrected chi connectivity index (χ2v) is 7.34. The molecule has 1 aliphatic heterocycles. The van der Waals surface area contributed by atoms with E-state index in [2.05, 4.69) is 20.1 Å². The van der Waals surface area contributed by atoms with Crippen LogP contribution in [0.3, 0.4) is 0 Å². The predicted molar refractivity (Wildman–Crippen MR) is 104 cm³/mol. The van der Waals surface area contributed by atoms with Crippen molar-refractivity contribution in [3.63, 3.8) is 0 Å². The Kier molecular flexibility index (Phi) is 3.87. The topological polar surface area (TPSA) is 101 Å². The molecule has 0 spiro atoms. The van der Waals surface area contributed by atoms with Crippen LogP contribution < -0.4 is 5.56 Å². The fraction of sp³-hybridized carbons (Fsp3) is 0.316. The lowest BCUT2D eigenvalue weighted by atomic mass is 10.0. The van der Waals surface area contributed by atoms with Crippen LogP contribution in [0.5, 0.6) is 0 Å². The van der Waals surface area contributed by atoms with Crippen molar-refractivity contribution < 1.29 is 12.0 Å². The predicted octanol–water partition coefficient (Wildman–Crippen LogP) is 2.46. The van der Waals surface area contributed by atoms with E-state index in [0.29, 0.717) is 23.9 Å². The maximum Gasteiger partial charge on any atom is 0.280 e. The Morgan fingerprint density at radius 2 is 2.07 bits per heavy atom. The highest BCUT2D eigenvalue weighted by atomic mass is 35.5. The first-order valence-electron chi connectivity index (χ1n) is 10.0. The highest BCUT2D eigenvalue weighted by molar-refractivity contribution is 6.30. The van der Waals surface area contributed by atoms with Crippen molar-refractivity contribution in [1.29, 1.82) is 0 Å². The normalized spacial score (nSPS) is 20.2. The van der Waals surface area contributed by atoms with Gasteiger partial charge in [0.05, 0.1) is 19.0 Å². The van der Waals surface area contributed by atoms with E-state index in [-0.39, 0.29) is 48.2 Å². The van der Waals surface area contributed by atoms with Gasteiger partial charge < -0.3 is 13.8 Å². The molecule has 29 heavy (non-hydrogen) atoms. The largest absolute Gasteiger partial charge is 0.373 e. The van der Waals surface area contributed by atoms with Crippen LogP contribution in [0.2, 0.25) is 5.02 Å². The molecule has 0 bridgehead atoms. The van der Waals surface area contributed by atoms with Gasteiger partial charge in [-0.3, -0.25) is 9.36 Å². The molecule has 0 radical (unpaired) electrons. The van der Waals surface area contributed by atoms with Crippen molar-refractivity contribution in [2.75, 3.05) is 6.61 Å². The molecule has 1 aliphatic rings. The molecule has 3 aromatic heterocycles. The number of hydrogen-bond donors (Lipinski definition) is 0. The van der Waals surface area contributed by atoms with Gasteiger partial charge in [0.1, 0.15) is 15.6 Å². The third-order valence-corrected chi connectivity index (χ3v) is 5.21. The summed E-state index contributed by atoms with van der Waals surface area (Å²) in [5.41, 5.74) is 0.762. The number of fused-ring (bicyclic) bond motifs is 1. The van der Waals surface area contributed by atoms with Gasteiger partial charge in [0.25, 0.3) is 5.56 Å². The Hall–Kier alpha value is -3.04. The van der Waals surface area contributed by atoms with E-state index >= 15 is 0 Å². The van der Waals surface area contributed by atoms with Crippen molar-refractivity contribution in [2.45, 2.75) is 25.0 Å². The monoisotopic (exact) mass is 414 g/mol. The number of halogens is 1. The van der Waals surface area contributed by atoms with E-state index in [0.717, 1.165) is 10.1 Å². The second kappa shape index (κ2) is 7.09. The zero-order valence-electron chi connectivity index (χ0n) is 17.4. The first-order valence-corrected chi connectivity index (χ1v) is 9.38. The average Bonchev–Trinajstić information content (AvgIpc) is 3.46. The van der Waals surface area contributed by atoms with Crippen LogP contribution in [0.4, 0.5) is 0 Å². The Bertz CT molecular complexity index is 1330. The number of imidazole rings is 1. The van der Waals surface area contributed by atoms with E-state index in [1.165, 1.54) is 4.57 Å². The molecule has 1 aromatic carbocycles. The molecule has 0 unspecified atom stereocenters. The second-order valence-electron chi connectivity index (χ2n) is 6.90. The molecule has 1 saturated heterocycles. The quantitative estimate of drug-likeness (QED) is 0.505. The maximum atomic E-state index is 12.8. The number of hydrogen-bond acceptors (Lipinski definition) is 7. The van der Waals surface area contributed by atoms with Crippen molar-refractivity contribution in [1.82, 2.24) is 29.2 Å². The Morgan fingerprint density at radius 1 is 1.28 bits per heavy atom. The highest BCUT2D eigenvalue weighted by Crippen LogP contribution is 2.37. The summed E-state index contributed by atoms with van der Waals surface area (Å²) >= 11 is 5.95. The molecule has 148 valence electrons. The fourth-order valence-electron chi connectivity index (χ4n) is 3.43. The van der Waals surface area contributed by atoms with E-state index in [1.807, 2.05) is 24.3 Å². The zero-order valence-corrected chi connectivity index (χ0v) is 16.1. The Morgan fingerprint density at radius 3 is 2.90 bits per heavy atom. The molecule has 4 heterocycles. The smallest absolute Gasteiger partial charge is 0.280 e. The first kappa shape index (κ1) is 15.8. The molecular formula is C19H17ClN6O3. The fourth-order valence-corrected chi connectivity index (χ4v) is 3.56. The zero-order chi connectivity index (χ0) is 21.7. The number of benzene rings is 1. The van der Waals surface area contributed by atoms with Gasteiger partial charge in [0, 0.05) is 18.0 Å². The van der Waals surface area contributed by atoms with Crippen LogP contribution in [0.15, 0.2) is 46.2 Å². The summed E-state index contributed by atoms with van der Waals surface area (Å²) in [4.78, 5) is 25.1. The lowest BCUT2D eigenvalue weighted by Gasteiger charge is -2.09. The van der Waals surface area contributed by atoms with E-state index in [9.17, 15) is 4.79 Å². The lowest BCUT2D eigenvalue weighted by Crippen LogP contribution is -2.22. The van der Waals surface area contributed by atoms with Gasteiger partial charge in [-0.15, -0.1) is 0 Å². The standard InChI is InChI=1S/C19H17ClN6O3/c1-25-9-21-18-16(25)19(27)26(10-22-18)7-15-23-17(24-29-15)12-6-14(28-8-12)11-2-4-13(20)5-3-11/h2-5,9-10,12,14H,6-8H2,1H3/t12-,14+/m0/s1/i9D,10D. The molecule has 2 atom stereocenters. The Labute approximate surface area is 172 Å². The average molecular weight is 415 g/mol. The molecule has 4 aromatic rings. The number of aryl methyl sites for hydroxylation is 1. The molecule has 1 fully saturated rings. The molecule has 0 N–H and O–H groups in total. The maximum absolute atomic E-state index is 12.8. The minimum atomic E-state index is -0.491. The summed E-state index contributed by atoms with van der Waals surface area (Å²) < 4.78 is 29.5. The third-order valence-electron chi connectivity index (χ3n) is 4.96. The van der Waals surface area contributed by atoms with E-state index in [1.54, 1.807) is 7.05 Å². The van der Waals surface area contributed by atoms with Crippen molar-refractivity contribution >= 4 is 22.8 Å².